The van der Waals surface area contributed by atoms with Gasteiger partial charge < -0.3 is 9.73 Å². The molecular weight excluding hydrogens is 359 g/mol. The molecule has 1 heterocycles. The lowest BCUT2D eigenvalue weighted by molar-refractivity contribution is -0.708. The van der Waals surface area contributed by atoms with Gasteiger partial charge in [0.25, 0.3) is 3.79 Å². The second-order valence-corrected chi connectivity index (χ2v) is 7.16. The third kappa shape index (κ3) is 6.28. The number of carbonyl (C=O) groups excluding carboxylic acids is 1. The first kappa shape index (κ1) is 17.9. The smallest absolute Gasteiger partial charge is 0.262 e. The summed E-state index contributed by atoms with van der Waals surface area (Å²) in [5, 5.41) is 4.37. The molecule has 0 aliphatic rings. The molecule has 0 saturated heterocycles. The highest BCUT2D eigenvalue weighted by molar-refractivity contribution is 6.68. The minimum Gasteiger partial charge on any atom is -0.463 e. The van der Waals surface area contributed by atoms with Crippen LogP contribution in [0.1, 0.15) is 11.3 Å². The van der Waals surface area contributed by atoms with Gasteiger partial charge in [-0.2, -0.15) is 0 Å². The van der Waals surface area contributed by atoms with Gasteiger partial charge in [0.1, 0.15) is 6.54 Å². The van der Waals surface area contributed by atoms with E-state index in [0.29, 0.717) is 6.54 Å². The molecule has 23 heavy (non-hydrogen) atoms. The number of alkyl halides is 3. The van der Waals surface area contributed by atoms with Crippen molar-refractivity contribution in [2.45, 2.75) is 16.5 Å². The fraction of sp³-hybridized carbons (Fsp3) is 0.188. The summed E-state index contributed by atoms with van der Waals surface area (Å²) in [6, 6.07) is 13.0. The number of quaternary nitrogens is 1. The van der Waals surface area contributed by atoms with Gasteiger partial charge in [0.15, 0.2) is 5.76 Å². The Balaban J connectivity index is 1.94. The van der Waals surface area contributed by atoms with E-state index in [4.69, 9.17) is 39.2 Å². The maximum atomic E-state index is 12.0. The van der Waals surface area contributed by atoms with Crippen LogP contribution in [0.5, 0.6) is 0 Å². The predicted molar refractivity (Wildman–Crippen MR) is 92.0 cm³/mol. The fourth-order valence-corrected chi connectivity index (χ4v) is 2.31. The summed E-state index contributed by atoms with van der Waals surface area (Å²) >= 11 is 17.8. The number of furan rings is 1. The van der Waals surface area contributed by atoms with E-state index in [1.54, 1.807) is 23.7 Å². The van der Waals surface area contributed by atoms with Crippen LogP contribution in [0, 0.1) is 0 Å². The Bertz CT molecular complexity index is 637. The monoisotopic (exact) mass is 373 g/mol. The van der Waals surface area contributed by atoms with Crippen molar-refractivity contribution in [3.05, 3.63) is 66.1 Å². The highest BCUT2D eigenvalue weighted by Gasteiger charge is 2.37. The van der Waals surface area contributed by atoms with Gasteiger partial charge in [0.05, 0.1) is 6.26 Å². The van der Waals surface area contributed by atoms with Crippen LogP contribution < -0.4 is 10.6 Å². The van der Waals surface area contributed by atoms with E-state index >= 15 is 0 Å². The summed E-state index contributed by atoms with van der Waals surface area (Å²) in [6.07, 6.45) is 3.91. The van der Waals surface area contributed by atoms with Gasteiger partial charge in [-0.05, 0) is 23.8 Å². The van der Waals surface area contributed by atoms with Crippen molar-refractivity contribution in [3.63, 3.8) is 0 Å². The lowest BCUT2D eigenvalue weighted by Gasteiger charge is -2.22. The molecule has 7 heteroatoms. The van der Waals surface area contributed by atoms with Crippen molar-refractivity contribution < 1.29 is 14.5 Å². The molecule has 2 aromatic rings. The van der Waals surface area contributed by atoms with Crippen LogP contribution in [-0.4, -0.2) is 15.9 Å². The Morgan fingerprint density at radius 1 is 1.22 bits per heavy atom. The Morgan fingerprint density at radius 2 is 1.96 bits per heavy atom. The minimum atomic E-state index is -1.65. The van der Waals surface area contributed by atoms with Crippen LogP contribution in [-0.2, 0) is 11.3 Å². The standard InChI is InChI=1S/C16H15Cl3N2O2/c17-16(18,19)15(20-11-13-7-4-10-23-13)21-14(22)9-8-12-5-2-1-3-6-12/h1-10,15,20H,11H2,(H,21,22)/p+1/b9-8+/t15-/m0/s1. The highest BCUT2D eigenvalue weighted by Crippen LogP contribution is 2.27. The van der Waals surface area contributed by atoms with Crippen molar-refractivity contribution in [2.75, 3.05) is 0 Å². The highest BCUT2D eigenvalue weighted by atomic mass is 35.6. The molecule has 0 spiro atoms. The van der Waals surface area contributed by atoms with Gasteiger partial charge in [0, 0.05) is 6.08 Å². The Labute approximate surface area is 149 Å². The largest absolute Gasteiger partial charge is 0.463 e. The third-order valence-electron chi connectivity index (χ3n) is 3.01. The SMILES string of the molecule is O=C(/C=C/c1ccccc1)N[C@H]([NH2+]Cc1ccco1)C(Cl)(Cl)Cl. The molecule has 122 valence electrons. The van der Waals surface area contributed by atoms with Crippen molar-refractivity contribution in [3.8, 4) is 0 Å². The van der Waals surface area contributed by atoms with Crippen molar-refractivity contribution >= 4 is 46.8 Å². The molecule has 0 unspecified atom stereocenters. The van der Waals surface area contributed by atoms with Crippen LogP contribution >= 0.6 is 34.8 Å². The second-order valence-electron chi connectivity index (χ2n) is 4.79. The molecule has 1 aromatic heterocycles. The first-order chi connectivity index (χ1) is 10.9. The van der Waals surface area contributed by atoms with Crippen molar-refractivity contribution in [1.29, 1.82) is 0 Å². The zero-order valence-electron chi connectivity index (χ0n) is 12.1. The summed E-state index contributed by atoms with van der Waals surface area (Å²) in [7, 11) is 0. The van der Waals surface area contributed by atoms with Crippen molar-refractivity contribution in [2.24, 2.45) is 0 Å². The van der Waals surface area contributed by atoms with E-state index in [-0.39, 0.29) is 5.91 Å². The Morgan fingerprint density at radius 3 is 2.57 bits per heavy atom. The summed E-state index contributed by atoms with van der Waals surface area (Å²) in [4.78, 5) is 12.0. The summed E-state index contributed by atoms with van der Waals surface area (Å²) in [6.45, 7) is 0.439. The number of halogens is 3. The fourth-order valence-electron chi connectivity index (χ4n) is 1.87. The van der Waals surface area contributed by atoms with Crippen LogP contribution in [0.4, 0.5) is 0 Å². The number of hydrogen-bond donors (Lipinski definition) is 2. The Kier molecular flexibility index (Phi) is 6.54. The normalized spacial score (nSPS) is 13.2. The molecule has 0 fully saturated rings. The van der Waals surface area contributed by atoms with E-state index in [9.17, 15) is 4.79 Å². The number of amides is 1. The van der Waals surface area contributed by atoms with Crippen LogP contribution in [0.2, 0.25) is 0 Å². The number of benzene rings is 1. The Hall–Kier alpha value is -1.46. The maximum Gasteiger partial charge on any atom is 0.262 e. The maximum absolute atomic E-state index is 12.0. The second kappa shape index (κ2) is 8.41. The molecule has 0 saturated carbocycles. The molecule has 1 atom stereocenters. The first-order valence-corrected chi connectivity index (χ1v) is 8.04. The van der Waals surface area contributed by atoms with Gasteiger partial charge in [-0.1, -0.05) is 65.1 Å². The van der Waals surface area contributed by atoms with Crippen LogP contribution in [0.3, 0.4) is 0 Å². The van der Waals surface area contributed by atoms with E-state index in [2.05, 4.69) is 5.32 Å². The van der Waals surface area contributed by atoms with Gasteiger partial charge in [-0.15, -0.1) is 0 Å². The van der Waals surface area contributed by atoms with Gasteiger partial charge in [-0.25, -0.2) is 0 Å². The van der Waals surface area contributed by atoms with E-state index in [0.717, 1.165) is 11.3 Å². The topological polar surface area (TPSA) is 58.9 Å². The van der Waals surface area contributed by atoms with Gasteiger partial charge in [-0.3, -0.25) is 10.1 Å². The number of nitrogens with two attached hydrogens (primary N) is 1. The average molecular weight is 375 g/mol. The molecule has 0 aliphatic heterocycles. The molecule has 1 aromatic carbocycles. The predicted octanol–water partition coefficient (Wildman–Crippen LogP) is 2.87. The number of carbonyl (C=O) groups is 1. The zero-order chi connectivity index (χ0) is 16.7. The molecular formula is C16H16Cl3N2O2+. The van der Waals surface area contributed by atoms with Gasteiger partial charge >= 0.3 is 0 Å². The summed E-state index contributed by atoms with van der Waals surface area (Å²) < 4.78 is 3.57. The quantitative estimate of drug-likeness (QED) is 0.464. The molecule has 0 radical (unpaired) electrons. The van der Waals surface area contributed by atoms with Crippen LogP contribution in [0.15, 0.2) is 59.2 Å². The zero-order valence-corrected chi connectivity index (χ0v) is 14.4. The number of nitrogens with one attached hydrogen (secondary N) is 1. The minimum absolute atomic E-state index is 0.346. The molecule has 4 nitrogen and oxygen atoms in total. The van der Waals surface area contributed by atoms with E-state index in [1.807, 2.05) is 36.4 Å². The molecule has 0 aliphatic carbocycles. The lowest BCUT2D eigenvalue weighted by atomic mass is 10.2. The van der Waals surface area contributed by atoms with Gasteiger partial charge in [0.2, 0.25) is 12.1 Å². The summed E-state index contributed by atoms with van der Waals surface area (Å²) in [5.41, 5.74) is 0.910. The molecule has 3 N–H and O–H groups in total. The van der Waals surface area contributed by atoms with Crippen molar-refractivity contribution in [1.82, 2.24) is 5.32 Å². The summed E-state index contributed by atoms with van der Waals surface area (Å²) in [5.74, 6) is 0.374. The van der Waals surface area contributed by atoms with Crippen LogP contribution in [0.25, 0.3) is 6.08 Å². The lowest BCUT2D eigenvalue weighted by Crippen LogP contribution is -2.95. The third-order valence-corrected chi connectivity index (χ3v) is 3.72. The molecule has 0 bridgehead atoms. The first-order valence-electron chi connectivity index (χ1n) is 6.91. The van der Waals surface area contributed by atoms with E-state index < -0.39 is 9.96 Å². The van der Waals surface area contributed by atoms with E-state index in [1.165, 1.54) is 6.08 Å². The number of hydrogen-bond acceptors (Lipinski definition) is 2. The number of rotatable bonds is 6. The molecule has 1 amide bonds. The average Bonchev–Trinajstić information content (AvgIpc) is 3.02. The molecule has 2 rings (SSSR count).